The Bertz CT molecular complexity index is 673. The molecule has 0 bridgehead atoms. The summed E-state index contributed by atoms with van der Waals surface area (Å²) in [5.74, 6) is -1.77. The molecule has 0 fully saturated rings. The summed E-state index contributed by atoms with van der Waals surface area (Å²) in [6.07, 6.45) is 0. The van der Waals surface area contributed by atoms with Crippen LogP contribution in [0.5, 0.6) is 5.75 Å². The molecule has 1 aromatic rings. The van der Waals surface area contributed by atoms with Crippen LogP contribution >= 0.6 is 31.9 Å². The third-order valence-electron chi connectivity index (χ3n) is 2.30. The van der Waals surface area contributed by atoms with Crippen LogP contribution in [0.3, 0.4) is 0 Å². The largest absolute Gasteiger partial charge is 0.534 e. The van der Waals surface area contributed by atoms with Gasteiger partial charge in [0, 0.05) is 5.33 Å². The Kier molecular flexibility index (Phi) is 6.27. The molecule has 0 radical (unpaired) electrons. The maximum Gasteiger partial charge on any atom is 0.534 e. The van der Waals surface area contributed by atoms with Crippen molar-refractivity contribution in [1.82, 2.24) is 0 Å². The van der Waals surface area contributed by atoms with E-state index < -0.39 is 32.9 Å². The van der Waals surface area contributed by atoms with Crippen molar-refractivity contribution in [3.8, 4) is 5.75 Å². The van der Waals surface area contributed by atoms with E-state index >= 15 is 0 Å². The second-order valence-corrected chi connectivity index (χ2v) is 6.70. The lowest BCUT2D eigenvalue weighted by Gasteiger charge is -2.16. The fourth-order valence-corrected chi connectivity index (χ4v) is 2.85. The molecule has 0 spiro atoms. The van der Waals surface area contributed by atoms with E-state index in [1.807, 2.05) is 0 Å². The molecule has 0 aromatic heterocycles. The molecule has 5 nitrogen and oxygen atoms in total. The normalized spacial score (nSPS) is 12.1. The Morgan fingerprint density at radius 3 is 2.36 bits per heavy atom. The molecule has 0 aliphatic rings. The number of hydrogen-bond donors (Lipinski definition) is 0. The Morgan fingerprint density at radius 1 is 1.32 bits per heavy atom. The highest BCUT2D eigenvalue weighted by Gasteiger charge is 2.49. The predicted molar refractivity (Wildman–Crippen MR) is 78.3 cm³/mol. The van der Waals surface area contributed by atoms with Gasteiger partial charge >= 0.3 is 21.6 Å². The quantitative estimate of drug-likeness (QED) is 0.284. The third kappa shape index (κ3) is 4.13. The number of ether oxygens (including phenoxy) is 1. The van der Waals surface area contributed by atoms with E-state index in [2.05, 4.69) is 36.0 Å². The van der Waals surface area contributed by atoms with Crippen LogP contribution in [0.15, 0.2) is 16.6 Å². The summed E-state index contributed by atoms with van der Waals surface area (Å²) < 4.78 is 68.4. The van der Waals surface area contributed by atoms with Gasteiger partial charge in [-0.15, -0.1) is 0 Å². The number of benzene rings is 1. The van der Waals surface area contributed by atoms with Crippen molar-refractivity contribution in [3.63, 3.8) is 0 Å². The van der Waals surface area contributed by atoms with Crippen LogP contribution in [0.2, 0.25) is 0 Å². The second kappa shape index (κ2) is 7.18. The predicted octanol–water partition coefficient (Wildman–Crippen LogP) is 3.75. The van der Waals surface area contributed by atoms with Crippen molar-refractivity contribution >= 4 is 47.9 Å². The molecule has 0 saturated carbocycles. The minimum atomic E-state index is -5.92. The van der Waals surface area contributed by atoms with Crippen molar-refractivity contribution in [3.05, 3.63) is 27.7 Å². The zero-order valence-corrected chi connectivity index (χ0v) is 14.9. The number of esters is 1. The molecule has 22 heavy (non-hydrogen) atoms. The van der Waals surface area contributed by atoms with Crippen LogP contribution in [-0.2, 0) is 20.2 Å². The topological polar surface area (TPSA) is 69.7 Å². The molecule has 0 unspecified atom stereocenters. The number of carbonyl (C=O) groups excluding carboxylic acids is 1. The molecule has 0 atom stereocenters. The molecule has 1 rings (SSSR count). The Hall–Kier alpha value is -0.810. The van der Waals surface area contributed by atoms with Crippen molar-refractivity contribution < 1.29 is 35.3 Å². The van der Waals surface area contributed by atoms with Gasteiger partial charge in [0.2, 0.25) is 0 Å². The molecule has 0 aliphatic heterocycles. The van der Waals surface area contributed by atoms with E-state index in [-0.39, 0.29) is 22.0 Å². The van der Waals surface area contributed by atoms with E-state index in [1.165, 1.54) is 19.1 Å². The van der Waals surface area contributed by atoms with E-state index in [0.717, 1.165) is 0 Å². The average molecular weight is 470 g/mol. The summed E-state index contributed by atoms with van der Waals surface area (Å²) in [5, 5.41) is 0.0802. The zero-order valence-electron chi connectivity index (χ0n) is 10.9. The van der Waals surface area contributed by atoms with E-state index in [4.69, 9.17) is 4.74 Å². The highest BCUT2D eigenvalue weighted by atomic mass is 79.9. The summed E-state index contributed by atoms with van der Waals surface area (Å²) in [4.78, 5) is 11.9. The highest BCUT2D eigenvalue weighted by Crippen LogP contribution is 2.37. The highest BCUT2D eigenvalue weighted by molar-refractivity contribution is 9.10. The minimum Gasteiger partial charge on any atom is -0.462 e. The lowest BCUT2D eigenvalue weighted by atomic mass is 10.1. The smallest absolute Gasteiger partial charge is 0.462 e. The molecule has 0 aliphatic carbocycles. The fraction of sp³-hybridized carbons (Fsp3) is 0.364. The van der Waals surface area contributed by atoms with Crippen LogP contribution in [0.4, 0.5) is 13.2 Å². The average Bonchev–Trinajstić information content (AvgIpc) is 2.39. The fourth-order valence-electron chi connectivity index (χ4n) is 1.37. The Labute approximate surface area is 141 Å². The van der Waals surface area contributed by atoms with Gasteiger partial charge in [0.1, 0.15) is 5.56 Å². The molecule has 124 valence electrons. The molecule has 0 saturated heterocycles. The maximum absolute atomic E-state index is 12.5. The molecular weight excluding hydrogens is 461 g/mol. The van der Waals surface area contributed by atoms with Crippen molar-refractivity contribution in [2.75, 3.05) is 6.61 Å². The maximum atomic E-state index is 12.5. The first-order valence-electron chi connectivity index (χ1n) is 5.60. The van der Waals surface area contributed by atoms with Crippen molar-refractivity contribution in [2.45, 2.75) is 17.8 Å². The van der Waals surface area contributed by atoms with E-state index in [0.29, 0.717) is 0 Å². The van der Waals surface area contributed by atoms with Crippen LogP contribution in [0, 0.1) is 0 Å². The van der Waals surface area contributed by atoms with Crippen LogP contribution in [0.1, 0.15) is 22.8 Å². The van der Waals surface area contributed by atoms with Crippen LogP contribution in [-0.4, -0.2) is 26.5 Å². The van der Waals surface area contributed by atoms with Gasteiger partial charge in [-0.1, -0.05) is 22.0 Å². The van der Waals surface area contributed by atoms with Crippen molar-refractivity contribution in [1.29, 1.82) is 0 Å². The second-order valence-electron chi connectivity index (χ2n) is 3.75. The number of halogens is 5. The SMILES string of the molecule is CCOC(=O)c1c(CBr)ccc(Br)c1OS(=O)(=O)C(F)(F)F. The summed E-state index contributed by atoms with van der Waals surface area (Å²) in [6, 6.07) is 2.68. The summed E-state index contributed by atoms with van der Waals surface area (Å²) in [6.45, 7) is 1.45. The Morgan fingerprint density at radius 2 is 1.91 bits per heavy atom. The van der Waals surface area contributed by atoms with E-state index in [9.17, 15) is 26.4 Å². The van der Waals surface area contributed by atoms with Gasteiger partial charge in [-0.05, 0) is 34.5 Å². The molecule has 0 amide bonds. The number of carbonyl (C=O) groups is 1. The molecule has 0 heterocycles. The van der Waals surface area contributed by atoms with Crippen molar-refractivity contribution in [2.24, 2.45) is 0 Å². The minimum absolute atomic E-state index is 0.0431. The monoisotopic (exact) mass is 468 g/mol. The summed E-state index contributed by atoms with van der Waals surface area (Å²) >= 11 is 5.92. The van der Waals surface area contributed by atoms with Gasteiger partial charge in [0.15, 0.2) is 5.75 Å². The zero-order chi connectivity index (χ0) is 17.1. The standard InChI is InChI=1S/C11H9Br2F3O5S/c1-2-20-10(17)8-6(5-12)3-4-7(13)9(8)21-22(18,19)11(14,15)16/h3-4H,2,5H2,1H3. The van der Waals surface area contributed by atoms with Gasteiger partial charge in [-0.3, -0.25) is 0 Å². The van der Waals surface area contributed by atoms with Gasteiger partial charge in [0.25, 0.3) is 0 Å². The van der Waals surface area contributed by atoms with Gasteiger partial charge in [-0.25, -0.2) is 4.79 Å². The number of rotatable bonds is 5. The van der Waals surface area contributed by atoms with Crippen LogP contribution < -0.4 is 4.18 Å². The van der Waals surface area contributed by atoms with Crippen LogP contribution in [0.25, 0.3) is 0 Å². The van der Waals surface area contributed by atoms with Gasteiger partial charge in [-0.2, -0.15) is 21.6 Å². The first-order chi connectivity index (χ1) is 10.0. The molecule has 0 N–H and O–H groups in total. The number of alkyl halides is 4. The number of hydrogen-bond acceptors (Lipinski definition) is 5. The third-order valence-corrected chi connectivity index (χ3v) is 4.48. The lowest BCUT2D eigenvalue weighted by Crippen LogP contribution is -2.29. The summed E-state index contributed by atoms with van der Waals surface area (Å²) in [7, 11) is -5.92. The molecule has 1 aromatic carbocycles. The molecular formula is C11H9Br2F3O5S. The molecule has 11 heteroatoms. The summed E-state index contributed by atoms with van der Waals surface area (Å²) in [5.41, 5.74) is -5.81. The Balaban J connectivity index is 3.50. The first-order valence-corrected chi connectivity index (χ1v) is 8.92. The van der Waals surface area contributed by atoms with Gasteiger partial charge < -0.3 is 8.92 Å². The van der Waals surface area contributed by atoms with Gasteiger partial charge in [0.05, 0.1) is 11.1 Å². The first kappa shape index (κ1) is 19.2. The van der Waals surface area contributed by atoms with E-state index in [1.54, 1.807) is 0 Å². The lowest BCUT2D eigenvalue weighted by molar-refractivity contribution is -0.0500.